The van der Waals surface area contributed by atoms with Gasteiger partial charge in [-0.15, -0.1) is 11.6 Å². The van der Waals surface area contributed by atoms with E-state index in [1.807, 2.05) is 10.8 Å². The van der Waals surface area contributed by atoms with Crippen molar-refractivity contribution >= 4 is 17.5 Å². The van der Waals surface area contributed by atoms with E-state index in [9.17, 15) is 4.79 Å². The molecule has 0 bridgehead atoms. The Labute approximate surface area is 88.3 Å². The van der Waals surface area contributed by atoms with Crippen LogP contribution in [0.15, 0.2) is 18.7 Å². The number of rotatable bonds is 5. The van der Waals surface area contributed by atoms with Gasteiger partial charge >= 0.3 is 0 Å². The smallest absolute Gasteiger partial charge is 0.237 e. The van der Waals surface area contributed by atoms with Gasteiger partial charge in [0.1, 0.15) is 5.38 Å². The second-order valence-corrected chi connectivity index (χ2v) is 3.72. The quantitative estimate of drug-likeness (QED) is 0.589. The van der Waals surface area contributed by atoms with Gasteiger partial charge in [-0.25, -0.2) is 4.98 Å². The highest BCUT2D eigenvalue weighted by Gasteiger charge is 2.06. The molecule has 1 unspecified atom stereocenters. The molecular formula is C9H14ClN3O. The summed E-state index contributed by atoms with van der Waals surface area (Å²) in [7, 11) is 0. The number of carbonyl (C=O) groups excluding carboxylic acids is 1. The molecule has 0 aliphatic carbocycles. The van der Waals surface area contributed by atoms with Gasteiger partial charge in [0.05, 0.1) is 6.33 Å². The van der Waals surface area contributed by atoms with E-state index in [1.54, 1.807) is 19.4 Å². The molecule has 0 aromatic carbocycles. The SMILES string of the molecule is CC(Cl)C(=O)NCCCn1ccnc1. The largest absolute Gasteiger partial charge is 0.355 e. The fraction of sp³-hybridized carbons (Fsp3) is 0.556. The fourth-order valence-corrected chi connectivity index (χ4v) is 1.11. The molecule has 4 nitrogen and oxygen atoms in total. The molecular weight excluding hydrogens is 202 g/mol. The highest BCUT2D eigenvalue weighted by Crippen LogP contribution is 1.93. The Balaban J connectivity index is 2.08. The molecule has 1 atom stereocenters. The molecule has 0 aliphatic rings. The van der Waals surface area contributed by atoms with Crippen molar-refractivity contribution in [3.8, 4) is 0 Å². The first kappa shape index (κ1) is 11.0. The van der Waals surface area contributed by atoms with E-state index in [0.29, 0.717) is 6.54 Å². The number of halogens is 1. The number of amides is 1. The summed E-state index contributed by atoms with van der Waals surface area (Å²) in [6, 6.07) is 0. The van der Waals surface area contributed by atoms with Crippen LogP contribution in [0.2, 0.25) is 0 Å². The summed E-state index contributed by atoms with van der Waals surface area (Å²) in [6.45, 7) is 3.16. The zero-order valence-electron chi connectivity index (χ0n) is 8.11. The normalized spacial score (nSPS) is 12.4. The third-order valence-corrected chi connectivity index (χ3v) is 2.01. The predicted octanol–water partition coefficient (Wildman–Crippen LogP) is 1.02. The Morgan fingerprint density at radius 2 is 2.50 bits per heavy atom. The molecule has 1 aromatic rings. The lowest BCUT2D eigenvalue weighted by Gasteiger charge is -2.06. The van der Waals surface area contributed by atoms with E-state index in [-0.39, 0.29) is 5.91 Å². The molecule has 1 rings (SSSR count). The Bertz CT molecular complexity index is 272. The maximum absolute atomic E-state index is 11.0. The zero-order valence-corrected chi connectivity index (χ0v) is 8.87. The molecule has 1 heterocycles. The maximum atomic E-state index is 11.0. The summed E-state index contributed by atoms with van der Waals surface area (Å²) in [4.78, 5) is 15.0. The first-order chi connectivity index (χ1) is 6.70. The topological polar surface area (TPSA) is 46.9 Å². The van der Waals surface area contributed by atoms with Crippen molar-refractivity contribution in [2.24, 2.45) is 0 Å². The average molecular weight is 216 g/mol. The van der Waals surface area contributed by atoms with Crippen molar-refractivity contribution in [2.75, 3.05) is 6.54 Å². The highest BCUT2D eigenvalue weighted by molar-refractivity contribution is 6.30. The summed E-state index contributed by atoms with van der Waals surface area (Å²) >= 11 is 5.58. The standard InChI is InChI=1S/C9H14ClN3O/c1-8(10)9(14)12-3-2-5-13-6-4-11-7-13/h4,6-8H,2-3,5H2,1H3,(H,12,14). The summed E-state index contributed by atoms with van der Waals surface area (Å²) < 4.78 is 1.97. The van der Waals surface area contributed by atoms with Crippen molar-refractivity contribution in [3.05, 3.63) is 18.7 Å². The Hall–Kier alpha value is -1.03. The summed E-state index contributed by atoms with van der Waals surface area (Å²) in [5, 5.41) is 2.28. The van der Waals surface area contributed by atoms with Gasteiger partial charge < -0.3 is 9.88 Å². The molecule has 0 saturated carbocycles. The number of hydrogen-bond donors (Lipinski definition) is 1. The highest BCUT2D eigenvalue weighted by atomic mass is 35.5. The second-order valence-electron chi connectivity index (χ2n) is 3.06. The van der Waals surface area contributed by atoms with E-state index in [1.165, 1.54) is 0 Å². The summed E-state index contributed by atoms with van der Waals surface area (Å²) in [5.74, 6) is -0.114. The van der Waals surface area contributed by atoms with Crippen LogP contribution in [0.5, 0.6) is 0 Å². The molecule has 0 saturated heterocycles. The van der Waals surface area contributed by atoms with Gasteiger partial charge in [0.25, 0.3) is 0 Å². The van der Waals surface area contributed by atoms with Crippen LogP contribution >= 0.6 is 11.6 Å². The molecule has 1 N–H and O–H groups in total. The van der Waals surface area contributed by atoms with Crippen LogP contribution in [0.25, 0.3) is 0 Å². The molecule has 0 aliphatic heterocycles. The third kappa shape index (κ3) is 3.79. The number of imidazole rings is 1. The molecule has 78 valence electrons. The van der Waals surface area contributed by atoms with Gasteiger partial charge in [-0.05, 0) is 13.3 Å². The number of aryl methyl sites for hydroxylation is 1. The fourth-order valence-electron chi connectivity index (χ4n) is 1.03. The Morgan fingerprint density at radius 3 is 3.07 bits per heavy atom. The minimum Gasteiger partial charge on any atom is -0.355 e. The monoisotopic (exact) mass is 215 g/mol. The van der Waals surface area contributed by atoms with Crippen molar-refractivity contribution in [3.63, 3.8) is 0 Å². The van der Waals surface area contributed by atoms with Crippen LogP contribution < -0.4 is 5.32 Å². The van der Waals surface area contributed by atoms with E-state index in [2.05, 4.69) is 10.3 Å². The molecule has 1 amide bonds. The van der Waals surface area contributed by atoms with Crippen molar-refractivity contribution in [1.82, 2.24) is 14.9 Å². The van der Waals surface area contributed by atoms with Gasteiger partial charge in [0, 0.05) is 25.5 Å². The summed E-state index contributed by atoms with van der Waals surface area (Å²) in [6.07, 6.45) is 6.27. The molecule has 0 spiro atoms. The molecule has 14 heavy (non-hydrogen) atoms. The van der Waals surface area contributed by atoms with Crippen LogP contribution in [0.3, 0.4) is 0 Å². The van der Waals surface area contributed by atoms with Crippen LogP contribution in [-0.4, -0.2) is 27.4 Å². The number of aromatic nitrogens is 2. The number of hydrogen-bond acceptors (Lipinski definition) is 2. The average Bonchev–Trinajstić information content (AvgIpc) is 2.64. The number of nitrogens with one attached hydrogen (secondary N) is 1. The van der Waals surface area contributed by atoms with Crippen molar-refractivity contribution < 1.29 is 4.79 Å². The van der Waals surface area contributed by atoms with Gasteiger partial charge in [0.15, 0.2) is 0 Å². The lowest BCUT2D eigenvalue weighted by Crippen LogP contribution is -2.30. The van der Waals surface area contributed by atoms with E-state index >= 15 is 0 Å². The Kier molecular flexibility index (Phi) is 4.46. The van der Waals surface area contributed by atoms with E-state index < -0.39 is 5.38 Å². The lowest BCUT2D eigenvalue weighted by molar-refractivity contribution is -0.120. The second kappa shape index (κ2) is 5.65. The molecule has 1 aromatic heterocycles. The Morgan fingerprint density at radius 1 is 1.71 bits per heavy atom. The molecule has 5 heteroatoms. The van der Waals surface area contributed by atoms with Crippen LogP contribution in [0.1, 0.15) is 13.3 Å². The third-order valence-electron chi connectivity index (χ3n) is 1.81. The number of nitrogens with zero attached hydrogens (tertiary/aromatic N) is 2. The predicted molar refractivity (Wildman–Crippen MR) is 55.2 cm³/mol. The van der Waals surface area contributed by atoms with Crippen LogP contribution in [0, 0.1) is 0 Å². The number of carbonyl (C=O) groups is 1. The van der Waals surface area contributed by atoms with Crippen molar-refractivity contribution in [2.45, 2.75) is 25.3 Å². The molecule has 0 radical (unpaired) electrons. The van der Waals surface area contributed by atoms with Crippen LogP contribution in [-0.2, 0) is 11.3 Å². The summed E-state index contributed by atoms with van der Waals surface area (Å²) in [5.41, 5.74) is 0. The van der Waals surface area contributed by atoms with Crippen molar-refractivity contribution in [1.29, 1.82) is 0 Å². The van der Waals surface area contributed by atoms with E-state index in [4.69, 9.17) is 11.6 Å². The first-order valence-electron chi connectivity index (χ1n) is 4.57. The zero-order chi connectivity index (χ0) is 10.4. The van der Waals surface area contributed by atoms with Gasteiger partial charge in [0.2, 0.25) is 5.91 Å². The maximum Gasteiger partial charge on any atom is 0.237 e. The first-order valence-corrected chi connectivity index (χ1v) is 5.01. The van der Waals surface area contributed by atoms with E-state index in [0.717, 1.165) is 13.0 Å². The number of alkyl halides is 1. The van der Waals surface area contributed by atoms with Gasteiger partial charge in [-0.1, -0.05) is 0 Å². The van der Waals surface area contributed by atoms with Crippen LogP contribution in [0.4, 0.5) is 0 Å². The lowest BCUT2D eigenvalue weighted by atomic mass is 10.4. The molecule has 0 fully saturated rings. The minimum atomic E-state index is -0.455. The minimum absolute atomic E-state index is 0.114. The van der Waals surface area contributed by atoms with Gasteiger partial charge in [-0.2, -0.15) is 0 Å². The van der Waals surface area contributed by atoms with Gasteiger partial charge in [-0.3, -0.25) is 4.79 Å².